The fraction of sp³-hybridized carbons (Fsp3) is 0.480. The highest BCUT2D eigenvalue weighted by molar-refractivity contribution is 7.89. The van der Waals surface area contributed by atoms with Crippen LogP contribution < -0.4 is 16.6 Å². The highest BCUT2D eigenvalue weighted by Gasteiger charge is 2.41. The van der Waals surface area contributed by atoms with Gasteiger partial charge in [-0.25, -0.2) is 13.4 Å². The third-order valence-corrected chi connectivity index (χ3v) is 8.98. The van der Waals surface area contributed by atoms with E-state index in [1.807, 2.05) is 20.8 Å². The molecule has 4 rings (SSSR count). The number of rotatable bonds is 5. The Hall–Kier alpha value is -3.16. The van der Waals surface area contributed by atoms with Crippen molar-refractivity contribution in [2.45, 2.75) is 81.8 Å². The molecule has 2 heterocycles. The number of amidine groups is 1. The second-order valence-corrected chi connectivity index (χ2v) is 12.2. The largest absolute Gasteiger partial charge is 0.383 e. The fourth-order valence-corrected chi connectivity index (χ4v) is 6.97. The summed E-state index contributed by atoms with van der Waals surface area (Å²) in [6, 6.07) is 8.86. The number of nitrogens with two attached hydrogens (primary N) is 1. The lowest BCUT2D eigenvalue weighted by Gasteiger charge is -2.37. The summed E-state index contributed by atoms with van der Waals surface area (Å²) in [6.07, 6.45) is 6.72. The molecule has 35 heavy (non-hydrogen) atoms. The molecule has 0 unspecified atom stereocenters. The van der Waals surface area contributed by atoms with Gasteiger partial charge in [-0.3, -0.25) is 4.79 Å². The number of fused-ring (bicyclic) bond motifs is 1. The summed E-state index contributed by atoms with van der Waals surface area (Å²) < 4.78 is 27.3. The van der Waals surface area contributed by atoms with Gasteiger partial charge in [-0.05, 0) is 63.4 Å². The second kappa shape index (κ2) is 9.13. The molecule has 1 aliphatic heterocycles. The number of nitrogens with zero attached hydrogens (tertiary/aromatic N) is 3. The minimum atomic E-state index is -3.58. The highest BCUT2D eigenvalue weighted by Crippen LogP contribution is 2.38. The van der Waals surface area contributed by atoms with Gasteiger partial charge in [0.15, 0.2) is 0 Å². The Morgan fingerprint density at radius 1 is 1.26 bits per heavy atom. The molecule has 2 aliphatic rings. The van der Waals surface area contributed by atoms with E-state index in [4.69, 9.17) is 5.73 Å². The number of nitriles is 1. The highest BCUT2D eigenvalue weighted by atomic mass is 32.2. The Kier molecular flexibility index (Phi) is 6.51. The van der Waals surface area contributed by atoms with Gasteiger partial charge in [0.2, 0.25) is 10.0 Å². The number of hydrogen-bond acceptors (Lipinski definition) is 6. The van der Waals surface area contributed by atoms with Gasteiger partial charge in [0.05, 0.1) is 34.3 Å². The predicted molar refractivity (Wildman–Crippen MR) is 136 cm³/mol. The molecule has 10 heteroatoms. The zero-order valence-corrected chi connectivity index (χ0v) is 21.2. The van der Waals surface area contributed by atoms with E-state index >= 15 is 0 Å². The minimum absolute atomic E-state index is 0.0192. The van der Waals surface area contributed by atoms with Gasteiger partial charge in [0.25, 0.3) is 5.56 Å². The molecular formula is C25H32N6O3S. The number of benzene rings is 1. The molecule has 186 valence electrons. The standard InChI is InChI=1S/C25H32N6O3S/c1-24(2,3)31-16-17-15-18(7-8-20(17)35(31,33)34)29-22(27)21-19(9-14-28-23(21)32)30-25(12-13-26)10-5-4-6-11-25/h7-9,14-15H,4-6,10-12,16H2,1-3H3,(H2,27,29)(H2,28,30,32). The quantitative estimate of drug-likeness (QED) is 0.425. The second-order valence-electron chi connectivity index (χ2n) is 10.4. The number of aromatic nitrogens is 1. The minimum Gasteiger partial charge on any atom is -0.383 e. The molecule has 0 radical (unpaired) electrons. The molecule has 0 spiro atoms. The lowest BCUT2D eigenvalue weighted by Crippen LogP contribution is -2.41. The lowest BCUT2D eigenvalue weighted by atomic mass is 9.79. The first kappa shape index (κ1) is 24.9. The predicted octanol–water partition coefficient (Wildman–Crippen LogP) is 3.74. The van der Waals surface area contributed by atoms with E-state index in [9.17, 15) is 18.5 Å². The van der Waals surface area contributed by atoms with E-state index < -0.39 is 21.1 Å². The van der Waals surface area contributed by atoms with Gasteiger partial charge in [-0.2, -0.15) is 9.57 Å². The topological polar surface area (TPSA) is 144 Å². The Bertz CT molecular complexity index is 1360. The number of aromatic amines is 1. The molecule has 0 saturated heterocycles. The van der Waals surface area contributed by atoms with Gasteiger partial charge in [0, 0.05) is 18.3 Å². The number of nitrogens with one attached hydrogen (secondary N) is 2. The average Bonchev–Trinajstić information content (AvgIpc) is 3.05. The van der Waals surface area contributed by atoms with Crippen LogP contribution >= 0.6 is 0 Å². The van der Waals surface area contributed by atoms with Crippen LogP contribution in [0.5, 0.6) is 0 Å². The molecule has 0 bridgehead atoms. The Labute approximate surface area is 206 Å². The van der Waals surface area contributed by atoms with Gasteiger partial charge in [-0.15, -0.1) is 0 Å². The van der Waals surface area contributed by atoms with Crippen molar-refractivity contribution < 1.29 is 8.42 Å². The van der Waals surface area contributed by atoms with Crippen molar-refractivity contribution >= 4 is 27.2 Å². The summed E-state index contributed by atoms with van der Waals surface area (Å²) in [5.74, 6) is 0.0192. The maximum atomic E-state index is 12.9. The normalized spacial score (nSPS) is 19.7. The lowest BCUT2D eigenvalue weighted by molar-refractivity contribution is 0.252. The summed E-state index contributed by atoms with van der Waals surface area (Å²) in [7, 11) is -3.58. The number of H-pyrrole nitrogens is 1. The van der Waals surface area contributed by atoms with Crippen LogP contribution in [0.25, 0.3) is 0 Å². The summed E-state index contributed by atoms with van der Waals surface area (Å²) in [4.78, 5) is 20.2. The third kappa shape index (κ3) is 4.83. The van der Waals surface area contributed by atoms with Crippen LogP contribution in [-0.2, 0) is 16.6 Å². The van der Waals surface area contributed by atoms with E-state index in [1.54, 1.807) is 30.5 Å². The summed E-state index contributed by atoms with van der Waals surface area (Å²) in [5.41, 5.74) is 6.84. The van der Waals surface area contributed by atoms with E-state index in [-0.39, 0.29) is 28.4 Å². The van der Waals surface area contributed by atoms with Crippen LogP contribution in [0, 0.1) is 11.3 Å². The zero-order valence-electron chi connectivity index (χ0n) is 20.4. The number of pyridine rings is 1. The van der Waals surface area contributed by atoms with Crippen LogP contribution in [0.1, 0.15) is 70.4 Å². The van der Waals surface area contributed by atoms with Crippen LogP contribution in [-0.4, -0.2) is 34.6 Å². The van der Waals surface area contributed by atoms with Gasteiger partial charge in [0.1, 0.15) is 11.4 Å². The third-order valence-electron chi connectivity index (χ3n) is 6.77. The monoisotopic (exact) mass is 496 g/mol. The van der Waals surface area contributed by atoms with Crippen molar-refractivity contribution in [2.75, 3.05) is 5.32 Å². The van der Waals surface area contributed by atoms with E-state index in [2.05, 4.69) is 21.4 Å². The van der Waals surface area contributed by atoms with Crippen molar-refractivity contribution in [3.63, 3.8) is 0 Å². The van der Waals surface area contributed by atoms with Crippen LogP contribution in [0.15, 0.2) is 45.1 Å². The molecule has 1 aliphatic carbocycles. The number of sulfonamides is 1. The first-order valence-corrected chi connectivity index (χ1v) is 13.3. The van der Waals surface area contributed by atoms with Crippen molar-refractivity contribution in [1.82, 2.24) is 9.29 Å². The fourth-order valence-electron chi connectivity index (χ4n) is 5.01. The maximum Gasteiger partial charge on any atom is 0.261 e. The number of aliphatic imine (C=N–C) groups is 1. The smallest absolute Gasteiger partial charge is 0.261 e. The maximum absolute atomic E-state index is 12.9. The van der Waals surface area contributed by atoms with Crippen molar-refractivity contribution in [3.8, 4) is 6.07 Å². The molecule has 2 aromatic rings. The molecule has 1 aromatic heterocycles. The molecule has 1 fully saturated rings. The van der Waals surface area contributed by atoms with Gasteiger partial charge in [-0.1, -0.05) is 19.3 Å². The molecule has 4 N–H and O–H groups in total. The molecular weight excluding hydrogens is 464 g/mol. The summed E-state index contributed by atoms with van der Waals surface area (Å²) in [6.45, 7) is 5.82. The van der Waals surface area contributed by atoms with Crippen molar-refractivity contribution in [1.29, 1.82) is 5.26 Å². The molecule has 0 amide bonds. The first-order valence-electron chi connectivity index (χ1n) is 11.8. The molecule has 1 aromatic carbocycles. The molecule has 9 nitrogen and oxygen atoms in total. The van der Waals surface area contributed by atoms with Crippen molar-refractivity contribution in [3.05, 3.63) is 51.9 Å². The Morgan fingerprint density at radius 3 is 2.63 bits per heavy atom. The number of hydrogen-bond donors (Lipinski definition) is 3. The zero-order chi connectivity index (χ0) is 25.4. The van der Waals surface area contributed by atoms with Gasteiger partial charge < -0.3 is 16.0 Å². The first-order chi connectivity index (χ1) is 16.5. The SMILES string of the molecule is CC(C)(C)N1Cc2cc(N=C(N)c3c(NC4(CC#N)CCCCC4)cc[nH]c3=O)ccc2S1(=O)=O. The summed E-state index contributed by atoms with van der Waals surface area (Å²) >= 11 is 0. The van der Waals surface area contributed by atoms with Crippen LogP contribution in [0.3, 0.4) is 0 Å². The Morgan fingerprint density at radius 2 is 1.97 bits per heavy atom. The van der Waals surface area contributed by atoms with Crippen molar-refractivity contribution in [2.24, 2.45) is 10.7 Å². The van der Waals surface area contributed by atoms with E-state index in [0.717, 1.165) is 32.1 Å². The Balaban J connectivity index is 1.70. The van der Waals surface area contributed by atoms with E-state index in [1.165, 1.54) is 4.31 Å². The molecule has 1 saturated carbocycles. The van der Waals surface area contributed by atoms with Gasteiger partial charge >= 0.3 is 0 Å². The average molecular weight is 497 g/mol. The number of anilines is 1. The van der Waals surface area contributed by atoms with Crippen LogP contribution in [0.2, 0.25) is 0 Å². The van der Waals surface area contributed by atoms with E-state index in [0.29, 0.717) is 23.4 Å². The summed E-state index contributed by atoms with van der Waals surface area (Å²) in [5, 5.41) is 12.9. The molecule has 0 atom stereocenters. The van der Waals surface area contributed by atoms with Crippen LogP contribution in [0.4, 0.5) is 11.4 Å².